The smallest absolute Gasteiger partial charge is 0.339 e. The minimum Gasteiger partial charge on any atom is -0.490 e. The molecule has 1 aromatic rings. The van der Waals surface area contributed by atoms with Crippen molar-refractivity contribution in [1.29, 1.82) is 0 Å². The number of ether oxygens (including phenoxy) is 2. The number of hydrogen-bond acceptors (Lipinski definition) is 4. The van der Waals surface area contributed by atoms with Crippen molar-refractivity contribution in [2.24, 2.45) is 0 Å². The Bertz CT molecular complexity index is 506. The second-order valence-corrected chi connectivity index (χ2v) is 5.34. The molecule has 1 atom stereocenters. The van der Waals surface area contributed by atoms with E-state index in [1.165, 1.54) is 6.07 Å². The number of benzene rings is 1. The lowest BCUT2D eigenvalue weighted by Gasteiger charge is -2.35. The summed E-state index contributed by atoms with van der Waals surface area (Å²) in [6.07, 6.45) is -0.147. The van der Waals surface area contributed by atoms with Crippen molar-refractivity contribution >= 4 is 5.97 Å². The average molecular weight is 297 g/mol. The van der Waals surface area contributed by atoms with Crippen LogP contribution in [0.4, 0.5) is 4.39 Å². The van der Waals surface area contributed by atoms with Gasteiger partial charge in [-0.15, -0.1) is 0 Å². The molecule has 1 N–H and O–H groups in total. The van der Waals surface area contributed by atoms with Gasteiger partial charge >= 0.3 is 5.97 Å². The molecule has 0 spiro atoms. The number of halogens is 1. The second-order valence-electron chi connectivity index (χ2n) is 5.34. The molecule has 2 rings (SSSR count). The molecule has 1 aromatic carbocycles. The molecule has 116 valence electrons. The Morgan fingerprint density at radius 2 is 2.33 bits per heavy atom. The molecule has 0 radical (unpaired) electrons. The number of hydrogen-bond donors (Lipinski definition) is 1. The quantitative estimate of drug-likeness (QED) is 0.901. The highest BCUT2D eigenvalue weighted by Gasteiger charge is 2.23. The van der Waals surface area contributed by atoms with Gasteiger partial charge < -0.3 is 14.6 Å². The summed E-state index contributed by atoms with van der Waals surface area (Å²) in [6.45, 7) is 6.62. The van der Waals surface area contributed by atoms with Gasteiger partial charge in [0.1, 0.15) is 29.8 Å². The van der Waals surface area contributed by atoms with Gasteiger partial charge in [0.25, 0.3) is 0 Å². The fourth-order valence-corrected chi connectivity index (χ4v) is 2.29. The maximum absolute atomic E-state index is 13.2. The molecule has 6 heteroatoms. The minimum atomic E-state index is -1.14. The topological polar surface area (TPSA) is 59.0 Å². The first-order valence-corrected chi connectivity index (χ1v) is 6.98. The summed E-state index contributed by atoms with van der Waals surface area (Å²) < 4.78 is 24.3. The number of carboxylic acids is 1. The first kappa shape index (κ1) is 15.7. The summed E-state index contributed by atoms with van der Waals surface area (Å²) >= 11 is 0. The largest absolute Gasteiger partial charge is 0.490 e. The van der Waals surface area contributed by atoms with E-state index in [4.69, 9.17) is 14.6 Å². The third-order valence-corrected chi connectivity index (χ3v) is 3.50. The normalized spacial score (nSPS) is 19.7. The molecule has 1 saturated heterocycles. The molecule has 1 aliphatic heterocycles. The van der Waals surface area contributed by atoms with Crippen LogP contribution in [0.25, 0.3) is 0 Å². The Labute approximate surface area is 123 Å². The van der Waals surface area contributed by atoms with Crippen LogP contribution >= 0.6 is 0 Å². The zero-order chi connectivity index (χ0) is 15.4. The van der Waals surface area contributed by atoms with Crippen LogP contribution < -0.4 is 4.74 Å². The van der Waals surface area contributed by atoms with E-state index in [0.29, 0.717) is 12.6 Å². The van der Waals surface area contributed by atoms with Crippen molar-refractivity contribution in [2.75, 3.05) is 26.3 Å². The zero-order valence-corrected chi connectivity index (χ0v) is 12.2. The molecular weight excluding hydrogens is 277 g/mol. The zero-order valence-electron chi connectivity index (χ0n) is 12.2. The molecule has 0 amide bonds. The standard InChI is InChI=1S/C15H20FNO4/c1-10(2)17-5-6-20-12(8-17)9-21-14-7-11(16)3-4-13(14)15(18)19/h3-4,7,10,12H,5-6,8-9H2,1-2H3,(H,18,19). The highest BCUT2D eigenvalue weighted by molar-refractivity contribution is 5.90. The molecule has 1 unspecified atom stereocenters. The van der Waals surface area contributed by atoms with Gasteiger partial charge in [-0.05, 0) is 26.0 Å². The first-order valence-electron chi connectivity index (χ1n) is 6.98. The summed E-state index contributed by atoms with van der Waals surface area (Å²) in [5.74, 6) is -1.63. The van der Waals surface area contributed by atoms with Crippen LogP contribution in [0.3, 0.4) is 0 Å². The number of morpholine rings is 1. The molecule has 0 aromatic heterocycles. The van der Waals surface area contributed by atoms with Gasteiger partial charge in [0.2, 0.25) is 0 Å². The number of aromatic carboxylic acids is 1. The minimum absolute atomic E-state index is 0.0350. The lowest BCUT2D eigenvalue weighted by atomic mass is 10.2. The molecule has 0 saturated carbocycles. The number of rotatable bonds is 5. The predicted octanol–water partition coefficient (Wildman–Crippen LogP) is 2.01. The van der Waals surface area contributed by atoms with E-state index in [2.05, 4.69) is 18.7 Å². The van der Waals surface area contributed by atoms with Crippen LogP contribution in [0.5, 0.6) is 5.75 Å². The van der Waals surface area contributed by atoms with Gasteiger partial charge in [-0.2, -0.15) is 0 Å². The van der Waals surface area contributed by atoms with Crippen molar-refractivity contribution in [2.45, 2.75) is 26.0 Å². The van der Waals surface area contributed by atoms with Crippen molar-refractivity contribution in [3.05, 3.63) is 29.6 Å². The summed E-state index contributed by atoms with van der Waals surface area (Å²) in [5.41, 5.74) is -0.0482. The maximum atomic E-state index is 13.2. The monoisotopic (exact) mass is 297 g/mol. The van der Waals surface area contributed by atoms with Gasteiger partial charge in [0.05, 0.1) is 6.61 Å². The van der Waals surface area contributed by atoms with Gasteiger partial charge in [-0.25, -0.2) is 9.18 Å². The van der Waals surface area contributed by atoms with E-state index >= 15 is 0 Å². The van der Waals surface area contributed by atoms with E-state index in [9.17, 15) is 9.18 Å². The Balaban J connectivity index is 1.99. The Hall–Kier alpha value is -1.66. The van der Waals surface area contributed by atoms with Crippen LogP contribution in [0.15, 0.2) is 18.2 Å². The van der Waals surface area contributed by atoms with Crippen molar-refractivity contribution in [3.63, 3.8) is 0 Å². The van der Waals surface area contributed by atoms with Crippen molar-refractivity contribution < 1.29 is 23.8 Å². The van der Waals surface area contributed by atoms with E-state index in [0.717, 1.165) is 25.2 Å². The first-order chi connectivity index (χ1) is 9.97. The summed E-state index contributed by atoms with van der Waals surface area (Å²) in [5, 5.41) is 9.07. The highest BCUT2D eigenvalue weighted by Crippen LogP contribution is 2.21. The van der Waals surface area contributed by atoms with Crippen LogP contribution in [-0.2, 0) is 4.74 Å². The molecular formula is C15H20FNO4. The van der Waals surface area contributed by atoms with Crippen LogP contribution in [0.1, 0.15) is 24.2 Å². The lowest BCUT2D eigenvalue weighted by molar-refractivity contribution is -0.0565. The fraction of sp³-hybridized carbons (Fsp3) is 0.533. The van der Waals surface area contributed by atoms with Crippen LogP contribution in [0.2, 0.25) is 0 Å². The van der Waals surface area contributed by atoms with E-state index in [1.807, 2.05) is 0 Å². The van der Waals surface area contributed by atoms with Gasteiger partial charge in [-0.1, -0.05) is 0 Å². The van der Waals surface area contributed by atoms with Crippen molar-refractivity contribution in [1.82, 2.24) is 4.90 Å². The number of carbonyl (C=O) groups is 1. The van der Waals surface area contributed by atoms with Gasteiger partial charge in [-0.3, -0.25) is 4.90 Å². The Morgan fingerprint density at radius 1 is 1.57 bits per heavy atom. The van der Waals surface area contributed by atoms with E-state index < -0.39 is 11.8 Å². The van der Waals surface area contributed by atoms with Crippen molar-refractivity contribution in [3.8, 4) is 5.75 Å². The third kappa shape index (κ3) is 4.15. The fourth-order valence-electron chi connectivity index (χ4n) is 2.29. The summed E-state index contributed by atoms with van der Waals surface area (Å²) in [7, 11) is 0. The van der Waals surface area contributed by atoms with Crippen LogP contribution in [-0.4, -0.2) is 54.4 Å². The van der Waals surface area contributed by atoms with Gasteiger partial charge in [0, 0.05) is 25.2 Å². The summed E-state index contributed by atoms with van der Waals surface area (Å²) in [4.78, 5) is 13.3. The molecule has 1 aliphatic rings. The summed E-state index contributed by atoms with van der Waals surface area (Å²) in [6, 6.07) is 3.82. The van der Waals surface area contributed by atoms with Crippen LogP contribution in [0, 0.1) is 5.82 Å². The number of carboxylic acid groups (broad SMARTS) is 1. The molecule has 1 fully saturated rings. The van der Waals surface area contributed by atoms with E-state index in [1.54, 1.807) is 0 Å². The SMILES string of the molecule is CC(C)N1CCOC(COc2cc(F)ccc2C(=O)O)C1. The second kappa shape index (κ2) is 6.87. The number of nitrogens with zero attached hydrogens (tertiary/aromatic N) is 1. The average Bonchev–Trinajstić information content (AvgIpc) is 2.45. The third-order valence-electron chi connectivity index (χ3n) is 3.50. The van der Waals surface area contributed by atoms with Gasteiger partial charge in [0.15, 0.2) is 0 Å². The molecule has 0 aliphatic carbocycles. The molecule has 0 bridgehead atoms. The molecule has 1 heterocycles. The molecule has 21 heavy (non-hydrogen) atoms. The predicted molar refractivity (Wildman–Crippen MR) is 75.3 cm³/mol. The Kier molecular flexibility index (Phi) is 5.14. The highest BCUT2D eigenvalue weighted by atomic mass is 19.1. The maximum Gasteiger partial charge on any atom is 0.339 e. The van der Waals surface area contributed by atoms with E-state index in [-0.39, 0.29) is 24.0 Å². The lowest BCUT2D eigenvalue weighted by Crippen LogP contribution is -2.47. The Morgan fingerprint density at radius 3 is 3.00 bits per heavy atom. The molecule has 5 nitrogen and oxygen atoms in total.